The van der Waals surface area contributed by atoms with Crippen LogP contribution in [0.4, 0.5) is 15.8 Å². The number of rotatable bonds is 9. The van der Waals surface area contributed by atoms with E-state index in [9.17, 15) is 23.6 Å². The normalized spacial score (nSPS) is 13.0. The zero-order valence-corrected chi connectivity index (χ0v) is 23.0. The smallest absolute Gasteiger partial charge is 0.299 e. The number of nitrogens with one attached hydrogen (secondary N) is 1. The monoisotopic (exact) mass is 565 g/mol. The summed E-state index contributed by atoms with van der Waals surface area (Å²) < 4.78 is 19.1. The Balaban J connectivity index is 1.54. The summed E-state index contributed by atoms with van der Waals surface area (Å²) in [5.41, 5.74) is 3.13. The van der Waals surface area contributed by atoms with Crippen molar-refractivity contribution in [3.8, 4) is 5.75 Å². The van der Waals surface area contributed by atoms with Gasteiger partial charge in [-0.2, -0.15) is 0 Å². The number of ketones is 1. The molecule has 4 aromatic carbocycles. The molecule has 0 fully saturated rings. The van der Waals surface area contributed by atoms with Crippen molar-refractivity contribution in [2.45, 2.75) is 19.5 Å². The molecule has 1 heterocycles. The number of hydrogen-bond acceptors (Lipinski definition) is 5. The average Bonchev–Trinajstić information content (AvgIpc) is 3.24. The number of carbonyl (C=O) groups excluding carboxylic acids is 4. The topological polar surface area (TPSA) is 96.0 Å². The first kappa shape index (κ1) is 28.2. The van der Waals surface area contributed by atoms with Gasteiger partial charge in [0.1, 0.15) is 24.2 Å². The van der Waals surface area contributed by atoms with E-state index < -0.39 is 41.9 Å². The van der Waals surface area contributed by atoms with Crippen molar-refractivity contribution in [1.82, 2.24) is 4.90 Å². The fourth-order valence-corrected chi connectivity index (χ4v) is 4.85. The predicted molar refractivity (Wildman–Crippen MR) is 156 cm³/mol. The van der Waals surface area contributed by atoms with E-state index >= 15 is 0 Å². The van der Waals surface area contributed by atoms with Crippen molar-refractivity contribution in [3.05, 3.63) is 125 Å². The minimum Gasteiger partial charge on any atom is -0.497 e. The van der Waals surface area contributed by atoms with Crippen LogP contribution in [0.5, 0.6) is 5.75 Å². The maximum Gasteiger partial charge on any atom is 0.299 e. The van der Waals surface area contributed by atoms with E-state index in [1.165, 1.54) is 42.3 Å². The summed E-state index contributed by atoms with van der Waals surface area (Å²) in [6.45, 7) is 1.47. The Morgan fingerprint density at radius 1 is 0.905 bits per heavy atom. The van der Waals surface area contributed by atoms with E-state index in [0.717, 1.165) is 16.0 Å². The number of ether oxygens (including phenoxy) is 1. The Morgan fingerprint density at radius 2 is 1.57 bits per heavy atom. The molecule has 9 heteroatoms. The molecule has 5 rings (SSSR count). The quantitative estimate of drug-likeness (QED) is 0.286. The van der Waals surface area contributed by atoms with Crippen molar-refractivity contribution in [1.29, 1.82) is 0 Å². The third kappa shape index (κ3) is 5.90. The maximum atomic E-state index is 14.1. The summed E-state index contributed by atoms with van der Waals surface area (Å²) in [6, 6.07) is 24.8. The summed E-state index contributed by atoms with van der Waals surface area (Å²) in [7, 11) is 1.53. The van der Waals surface area contributed by atoms with Gasteiger partial charge in [0.2, 0.25) is 5.91 Å². The molecule has 3 amide bonds. The third-order valence-electron chi connectivity index (χ3n) is 7.07. The van der Waals surface area contributed by atoms with Gasteiger partial charge in [0.25, 0.3) is 17.6 Å². The molecule has 0 radical (unpaired) electrons. The highest BCUT2D eigenvalue weighted by molar-refractivity contribution is 6.52. The first-order valence-corrected chi connectivity index (χ1v) is 13.3. The van der Waals surface area contributed by atoms with E-state index in [2.05, 4.69) is 5.32 Å². The first-order valence-electron chi connectivity index (χ1n) is 13.3. The van der Waals surface area contributed by atoms with Crippen LogP contribution in [0.2, 0.25) is 0 Å². The van der Waals surface area contributed by atoms with Gasteiger partial charge < -0.3 is 15.0 Å². The number of amides is 3. The molecule has 1 unspecified atom stereocenters. The number of para-hydroxylation sites is 1. The number of carbonyl (C=O) groups is 4. The van der Waals surface area contributed by atoms with Crippen molar-refractivity contribution in [2.24, 2.45) is 0 Å². The molecule has 1 aliphatic heterocycles. The van der Waals surface area contributed by atoms with E-state index in [-0.39, 0.29) is 12.1 Å². The highest BCUT2D eigenvalue weighted by Gasteiger charge is 2.39. The molecule has 0 saturated heterocycles. The van der Waals surface area contributed by atoms with E-state index in [4.69, 9.17) is 4.74 Å². The zero-order chi connectivity index (χ0) is 29.8. The number of hydrogen-bond donors (Lipinski definition) is 1. The van der Waals surface area contributed by atoms with Gasteiger partial charge in [-0.3, -0.25) is 24.1 Å². The fourth-order valence-electron chi connectivity index (χ4n) is 4.85. The lowest BCUT2D eigenvalue weighted by atomic mass is 10.0. The Bertz CT molecular complexity index is 1640. The molecule has 4 aromatic rings. The average molecular weight is 566 g/mol. The number of benzene rings is 4. The van der Waals surface area contributed by atoms with Gasteiger partial charge in [0.15, 0.2) is 0 Å². The van der Waals surface area contributed by atoms with Crippen LogP contribution in [-0.4, -0.2) is 42.1 Å². The van der Waals surface area contributed by atoms with Crippen LogP contribution in [0.15, 0.2) is 97.1 Å². The van der Waals surface area contributed by atoms with Gasteiger partial charge in [-0.05, 0) is 66.6 Å². The molecule has 0 saturated carbocycles. The van der Waals surface area contributed by atoms with Crippen LogP contribution < -0.4 is 15.0 Å². The second-order valence-electron chi connectivity index (χ2n) is 9.92. The molecule has 212 valence electrons. The second-order valence-corrected chi connectivity index (χ2v) is 9.92. The minimum atomic E-state index is -1.20. The maximum absolute atomic E-state index is 14.1. The highest BCUT2D eigenvalue weighted by atomic mass is 19.1. The van der Waals surface area contributed by atoms with Crippen molar-refractivity contribution >= 4 is 34.9 Å². The van der Waals surface area contributed by atoms with E-state index in [1.807, 2.05) is 31.2 Å². The molecule has 1 aliphatic rings. The van der Waals surface area contributed by atoms with Gasteiger partial charge in [-0.25, -0.2) is 4.39 Å². The van der Waals surface area contributed by atoms with E-state index in [1.54, 1.807) is 42.5 Å². The number of halogens is 1. The standard InChI is InChI=1S/C33H28FN3O5/c1-21-7-9-22(10-8-21)19-37(29(38)20-36-28-6-4-3-5-27(28)31(39)33(36)41)30(23-11-13-24(34)14-12-23)32(40)35-25-15-17-26(42-2)18-16-25/h3-18,30H,19-20H2,1-2H3,(H,35,40). The van der Waals surface area contributed by atoms with Crippen molar-refractivity contribution < 1.29 is 28.3 Å². The van der Waals surface area contributed by atoms with Gasteiger partial charge >= 0.3 is 0 Å². The number of anilines is 2. The Hall–Kier alpha value is -5.31. The highest BCUT2D eigenvalue weighted by Crippen LogP contribution is 2.31. The van der Waals surface area contributed by atoms with Crippen LogP contribution in [-0.2, 0) is 20.9 Å². The van der Waals surface area contributed by atoms with Crippen molar-refractivity contribution in [2.75, 3.05) is 23.9 Å². The SMILES string of the molecule is COc1ccc(NC(=O)C(c2ccc(F)cc2)N(Cc2ccc(C)cc2)C(=O)CN2C(=O)C(=O)c3ccccc32)cc1. The molecule has 0 bridgehead atoms. The molecule has 0 spiro atoms. The number of fused-ring (bicyclic) bond motifs is 1. The summed E-state index contributed by atoms with van der Waals surface area (Å²) in [4.78, 5) is 56.0. The summed E-state index contributed by atoms with van der Waals surface area (Å²) in [6.07, 6.45) is 0. The van der Waals surface area contributed by atoms with Gasteiger partial charge in [0.05, 0.1) is 18.4 Å². The molecule has 0 aromatic heterocycles. The predicted octanol–water partition coefficient (Wildman–Crippen LogP) is 5.08. The van der Waals surface area contributed by atoms with Gasteiger partial charge in [-0.1, -0.05) is 54.1 Å². The molecule has 42 heavy (non-hydrogen) atoms. The number of nitrogens with zero attached hydrogens (tertiary/aromatic N) is 2. The zero-order valence-electron chi connectivity index (χ0n) is 23.0. The van der Waals surface area contributed by atoms with Crippen LogP contribution in [0.25, 0.3) is 0 Å². The van der Waals surface area contributed by atoms with Crippen LogP contribution >= 0.6 is 0 Å². The second kappa shape index (κ2) is 12.1. The van der Waals surface area contributed by atoms with Crippen LogP contribution in [0, 0.1) is 12.7 Å². The molecule has 8 nitrogen and oxygen atoms in total. The van der Waals surface area contributed by atoms with E-state index in [0.29, 0.717) is 22.7 Å². The third-order valence-corrected chi connectivity index (χ3v) is 7.07. The number of methoxy groups -OCH3 is 1. The largest absolute Gasteiger partial charge is 0.497 e. The molecular formula is C33H28FN3O5. The number of aryl methyl sites for hydroxylation is 1. The molecule has 1 N–H and O–H groups in total. The van der Waals surface area contributed by atoms with Gasteiger partial charge in [-0.15, -0.1) is 0 Å². The Kier molecular flexibility index (Phi) is 8.10. The molecular weight excluding hydrogens is 537 g/mol. The van der Waals surface area contributed by atoms with Crippen LogP contribution in [0.3, 0.4) is 0 Å². The minimum absolute atomic E-state index is 0.00874. The molecule has 0 aliphatic carbocycles. The van der Waals surface area contributed by atoms with Crippen molar-refractivity contribution in [3.63, 3.8) is 0 Å². The van der Waals surface area contributed by atoms with Gasteiger partial charge in [0, 0.05) is 12.2 Å². The Labute approximate surface area is 242 Å². The fraction of sp³-hybridized carbons (Fsp3) is 0.152. The lowest BCUT2D eigenvalue weighted by Gasteiger charge is -2.33. The van der Waals surface area contributed by atoms with Crippen LogP contribution in [0.1, 0.15) is 33.1 Å². The molecule has 1 atom stereocenters. The Morgan fingerprint density at radius 3 is 2.24 bits per heavy atom. The first-order chi connectivity index (χ1) is 20.2. The number of Topliss-reactive ketones (excluding diaryl/α,β-unsaturated/α-hetero) is 1. The lowest BCUT2D eigenvalue weighted by Crippen LogP contribution is -2.46. The summed E-state index contributed by atoms with van der Waals surface area (Å²) in [5.74, 6) is -2.53. The summed E-state index contributed by atoms with van der Waals surface area (Å²) >= 11 is 0. The lowest BCUT2D eigenvalue weighted by molar-refractivity contribution is -0.139. The summed E-state index contributed by atoms with van der Waals surface area (Å²) in [5, 5.41) is 2.84.